The van der Waals surface area contributed by atoms with Gasteiger partial charge in [-0.25, -0.2) is 4.79 Å². The average Bonchev–Trinajstić information content (AvgIpc) is 2.40. The molecule has 0 unspecified atom stereocenters. The first-order valence-electron chi connectivity index (χ1n) is 5.60. The molecule has 0 heterocycles. The highest BCUT2D eigenvalue weighted by Crippen LogP contribution is 2.20. The van der Waals surface area contributed by atoms with Crippen LogP contribution in [0.25, 0.3) is 0 Å². The second-order valence-corrected chi connectivity index (χ2v) is 3.96. The zero-order valence-corrected chi connectivity index (χ0v) is 10.2. The van der Waals surface area contributed by atoms with Gasteiger partial charge in [-0.05, 0) is 25.1 Å². The minimum atomic E-state index is -0.616. The highest BCUT2D eigenvalue weighted by atomic mass is 16.6. The van der Waals surface area contributed by atoms with E-state index < -0.39 is 10.9 Å². The number of carbonyl (C=O) groups excluding carboxylic acids is 1. The fourth-order valence-electron chi connectivity index (χ4n) is 1.59. The van der Waals surface area contributed by atoms with Crippen LogP contribution < -0.4 is 4.74 Å². The van der Waals surface area contributed by atoms with Crippen LogP contribution in [0.15, 0.2) is 48.5 Å². The smallest absolute Gasteiger partial charge is 0.343 e. The molecule has 0 radical (unpaired) electrons. The Balaban J connectivity index is 2.25. The van der Waals surface area contributed by atoms with Gasteiger partial charge in [0.05, 0.1) is 10.5 Å². The fraction of sp³-hybridized carbons (Fsp3) is 0.0714. The van der Waals surface area contributed by atoms with E-state index in [2.05, 4.69) is 0 Å². The van der Waals surface area contributed by atoms with Gasteiger partial charge in [0.1, 0.15) is 5.75 Å². The molecular formula is C14H11NO4. The Morgan fingerprint density at radius 1 is 1.16 bits per heavy atom. The van der Waals surface area contributed by atoms with E-state index in [4.69, 9.17) is 4.74 Å². The molecule has 0 aromatic heterocycles. The zero-order chi connectivity index (χ0) is 13.8. The summed E-state index contributed by atoms with van der Waals surface area (Å²) in [6.45, 7) is 1.62. The van der Waals surface area contributed by atoms with Crippen LogP contribution in [-0.2, 0) is 0 Å². The number of esters is 1. The van der Waals surface area contributed by atoms with Crippen LogP contribution >= 0.6 is 0 Å². The van der Waals surface area contributed by atoms with Gasteiger partial charge in [0.25, 0.3) is 5.69 Å². The number of nitro benzene ring substituents is 1. The Labute approximate surface area is 109 Å². The molecule has 0 aliphatic carbocycles. The summed E-state index contributed by atoms with van der Waals surface area (Å²) in [7, 11) is 0. The number of aryl methyl sites for hydroxylation is 1. The molecule has 2 aromatic rings. The van der Waals surface area contributed by atoms with Gasteiger partial charge < -0.3 is 4.74 Å². The first-order valence-corrected chi connectivity index (χ1v) is 5.60. The highest BCUT2D eigenvalue weighted by Gasteiger charge is 2.16. The van der Waals surface area contributed by atoms with Gasteiger partial charge in [0.2, 0.25) is 0 Å². The number of para-hydroxylation sites is 1. The fourth-order valence-corrected chi connectivity index (χ4v) is 1.59. The summed E-state index contributed by atoms with van der Waals surface area (Å²) in [6, 6.07) is 12.8. The lowest BCUT2D eigenvalue weighted by Gasteiger charge is -2.04. The third kappa shape index (κ3) is 2.95. The van der Waals surface area contributed by atoms with Crippen LogP contribution in [-0.4, -0.2) is 10.9 Å². The number of rotatable bonds is 3. The molecule has 0 bridgehead atoms. The first-order chi connectivity index (χ1) is 9.08. The normalized spacial score (nSPS) is 9.95. The summed E-state index contributed by atoms with van der Waals surface area (Å²) >= 11 is 0. The Morgan fingerprint density at radius 3 is 2.47 bits per heavy atom. The van der Waals surface area contributed by atoms with Crippen molar-refractivity contribution < 1.29 is 14.5 Å². The molecule has 0 saturated carbocycles. The predicted molar refractivity (Wildman–Crippen MR) is 69.2 cm³/mol. The molecule has 0 N–H and O–H groups in total. The summed E-state index contributed by atoms with van der Waals surface area (Å²) in [5, 5.41) is 10.8. The van der Waals surface area contributed by atoms with Gasteiger partial charge >= 0.3 is 5.97 Å². The first kappa shape index (κ1) is 12.8. The van der Waals surface area contributed by atoms with E-state index in [0.717, 1.165) is 0 Å². The van der Waals surface area contributed by atoms with E-state index in [0.29, 0.717) is 11.3 Å². The summed E-state index contributed by atoms with van der Waals surface area (Å²) in [5.74, 6) is -0.218. The minimum absolute atomic E-state index is 0.0949. The van der Waals surface area contributed by atoms with Crippen molar-refractivity contribution in [1.82, 2.24) is 0 Å². The van der Waals surface area contributed by atoms with E-state index in [1.807, 2.05) is 0 Å². The molecule has 5 heteroatoms. The van der Waals surface area contributed by atoms with Crippen molar-refractivity contribution in [2.45, 2.75) is 6.92 Å². The average molecular weight is 257 g/mol. The lowest BCUT2D eigenvalue weighted by atomic mass is 10.1. The van der Waals surface area contributed by atoms with E-state index in [-0.39, 0.29) is 11.3 Å². The Kier molecular flexibility index (Phi) is 3.56. The molecule has 19 heavy (non-hydrogen) atoms. The zero-order valence-electron chi connectivity index (χ0n) is 10.2. The molecule has 5 nitrogen and oxygen atoms in total. The van der Waals surface area contributed by atoms with E-state index >= 15 is 0 Å². The molecule has 0 saturated heterocycles. The van der Waals surface area contributed by atoms with Gasteiger partial charge in [0.15, 0.2) is 0 Å². The van der Waals surface area contributed by atoms with E-state index in [1.54, 1.807) is 37.3 Å². The third-order valence-corrected chi connectivity index (χ3v) is 2.60. The number of ether oxygens (including phenoxy) is 1. The number of hydrogen-bond donors (Lipinski definition) is 0. The van der Waals surface area contributed by atoms with Crippen molar-refractivity contribution >= 4 is 11.7 Å². The maximum atomic E-state index is 11.9. The quantitative estimate of drug-likeness (QED) is 0.366. The Bertz CT molecular complexity index is 623. The van der Waals surface area contributed by atoms with E-state index in [1.165, 1.54) is 18.2 Å². The largest absolute Gasteiger partial charge is 0.423 e. The maximum Gasteiger partial charge on any atom is 0.343 e. The molecule has 0 atom stereocenters. The van der Waals surface area contributed by atoms with Crippen molar-refractivity contribution in [3.05, 3.63) is 69.8 Å². The molecule has 0 fully saturated rings. The van der Waals surface area contributed by atoms with Crippen molar-refractivity contribution in [1.29, 1.82) is 0 Å². The maximum absolute atomic E-state index is 11.9. The molecule has 0 aliphatic rings. The van der Waals surface area contributed by atoms with Gasteiger partial charge in [-0.1, -0.05) is 24.3 Å². The number of benzene rings is 2. The highest BCUT2D eigenvalue weighted by molar-refractivity contribution is 5.91. The van der Waals surface area contributed by atoms with Gasteiger partial charge in [-0.15, -0.1) is 0 Å². The topological polar surface area (TPSA) is 69.4 Å². The number of nitro groups is 1. The number of nitrogens with zero attached hydrogens (tertiary/aromatic N) is 1. The molecule has 0 aliphatic heterocycles. The second-order valence-electron chi connectivity index (χ2n) is 3.96. The summed E-state index contributed by atoms with van der Waals surface area (Å²) in [6.07, 6.45) is 0. The monoisotopic (exact) mass is 257 g/mol. The molecule has 0 amide bonds. The molecule has 0 spiro atoms. The van der Waals surface area contributed by atoms with Crippen LogP contribution in [0.1, 0.15) is 15.9 Å². The summed E-state index contributed by atoms with van der Waals surface area (Å²) in [4.78, 5) is 22.1. The van der Waals surface area contributed by atoms with Crippen LogP contribution in [0, 0.1) is 17.0 Å². The van der Waals surface area contributed by atoms with Crippen molar-refractivity contribution in [3.63, 3.8) is 0 Å². The van der Waals surface area contributed by atoms with Crippen LogP contribution in [0.5, 0.6) is 5.75 Å². The Morgan fingerprint density at radius 2 is 1.84 bits per heavy atom. The van der Waals surface area contributed by atoms with Crippen molar-refractivity contribution in [2.24, 2.45) is 0 Å². The van der Waals surface area contributed by atoms with E-state index in [9.17, 15) is 14.9 Å². The minimum Gasteiger partial charge on any atom is -0.423 e. The molecule has 2 aromatic carbocycles. The molecular weight excluding hydrogens is 246 g/mol. The van der Waals surface area contributed by atoms with Crippen molar-refractivity contribution in [3.8, 4) is 5.75 Å². The standard InChI is InChI=1S/C14H11NO4/c1-10-7-8-11(9-13(10)15(17)18)14(16)19-12-5-3-2-4-6-12/h2-9H,1H3. The summed E-state index contributed by atoms with van der Waals surface area (Å²) in [5.41, 5.74) is 0.560. The SMILES string of the molecule is Cc1ccc(C(=O)Oc2ccccc2)cc1[N+](=O)[O-]. The number of carbonyl (C=O) groups is 1. The van der Waals surface area contributed by atoms with Crippen LogP contribution in [0.2, 0.25) is 0 Å². The van der Waals surface area contributed by atoms with Crippen LogP contribution in [0.3, 0.4) is 0 Å². The molecule has 96 valence electrons. The lowest BCUT2D eigenvalue weighted by molar-refractivity contribution is -0.385. The third-order valence-electron chi connectivity index (χ3n) is 2.60. The summed E-state index contributed by atoms with van der Waals surface area (Å²) < 4.78 is 5.11. The number of hydrogen-bond acceptors (Lipinski definition) is 4. The predicted octanol–water partition coefficient (Wildman–Crippen LogP) is 3.12. The van der Waals surface area contributed by atoms with Gasteiger partial charge in [0, 0.05) is 11.6 Å². The van der Waals surface area contributed by atoms with Gasteiger partial charge in [-0.3, -0.25) is 10.1 Å². The molecule has 2 rings (SSSR count). The lowest BCUT2D eigenvalue weighted by Crippen LogP contribution is -2.09. The second kappa shape index (κ2) is 5.30. The van der Waals surface area contributed by atoms with Crippen molar-refractivity contribution in [2.75, 3.05) is 0 Å². The van der Waals surface area contributed by atoms with Crippen LogP contribution in [0.4, 0.5) is 5.69 Å². The Hall–Kier alpha value is -2.69. The van der Waals surface area contributed by atoms with Gasteiger partial charge in [-0.2, -0.15) is 0 Å².